The van der Waals surface area contributed by atoms with Gasteiger partial charge in [-0.2, -0.15) is 5.26 Å². The molecular formula is C22H19FN8O. The normalized spacial score (nSPS) is 11.8. The van der Waals surface area contributed by atoms with E-state index >= 15 is 0 Å². The van der Waals surface area contributed by atoms with E-state index in [2.05, 4.69) is 25.3 Å². The van der Waals surface area contributed by atoms with Gasteiger partial charge in [0.25, 0.3) is 0 Å². The van der Waals surface area contributed by atoms with E-state index in [0.717, 1.165) is 11.4 Å². The van der Waals surface area contributed by atoms with Crippen LogP contribution in [-0.4, -0.2) is 37.1 Å². The first-order valence-corrected chi connectivity index (χ1v) is 9.71. The highest BCUT2D eigenvalue weighted by atomic mass is 19.1. The lowest BCUT2D eigenvalue weighted by Gasteiger charge is -2.10. The van der Waals surface area contributed by atoms with Crippen molar-refractivity contribution in [2.75, 3.05) is 12.8 Å². The molecule has 0 saturated heterocycles. The van der Waals surface area contributed by atoms with Crippen LogP contribution in [0, 0.1) is 17.1 Å². The highest BCUT2D eigenvalue weighted by Gasteiger charge is 2.15. The zero-order chi connectivity index (χ0) is 22.7. The number of nitrogens with zero attached hydrogens (tertiary/aromatic N) is 7. The first-order chi connectivity index (χ1) is 15.5. The number of nitrogen functional groups attached to an aromatic ring is 1. The third kappa shape index (κ3) is 4.28. The third-order valence-electron chi connectivity index (χ3n) is 4.86. The molecule has 0 radical (unpaired) electrons. The van der Waals surface area contributed by atoms with Crippen molar-refractivity contribution in [3.8, 4) is 28.7 Å². The SMILES string of the molecule is CO[C@H](C)c1cccc(Cn2cc(-c3cc(-c4cccc(C#N)c4F)nc(N)n3)nn2)n1. The van der Waals surface area contributed by atoms with Crippen molar-refractivity contribution in [3.05, 3.63) is 71.4 Å². The third-order valence-corrected chi connectivity index (χ3v) is 4.86. The average Bonchev–Trinajstić information content (AvgIpc) is 3.27. The summed E-state index contributed by atoms with van der Waals surface area (Å²) in [6.07, 6.45) is 1.57. The Morgan fingerprint density at radius 2 is 1.91 bits per heavy atom. The number of ether oxygens (including phenoxy) is 1. The van der Waals surface area contributed by atoms with Crippen LogP contribution in [0.4, 0.5) is 10.3 Å². The van der Waals surface area contributed by atoms with Gasteiger partial charge in [0.1, 0.15) is 17.6 Å². The number of pyridine rings is 1. The molecule has 0 saturated carbocycles. The van der Waals surface area contributed by atoms with E-state index in [9.17, 15) is 4.39 Å². The van der Waals surface area contributed by atoms with Crippen molar-refractivity contribution < 1.29 is 9.13 Å². The van der Waals surface area contributed by atoms with Gasteiger partial charge >= 0.3 is 0 Å². The van der Waals surface area contributed by atoms with Gasteiger partial charge in [0, 0.05) is 12.7 Å². The fourth-order valence-corrected chi connectivity index (χ4v) is 3.14. The highest BCUT2D eigenvalue weighted by Crippen LogP contribution is 2.27. The standard InChI is InChI=1S/C22H19FN8O/c1-13(32-2)17-8-4-6-15(26-17)11-31-12-20(29-30-31)19-9-18(27-22(25)28-19)16-7-3-5-14(10-24)21(16)23/h3-9,12-13H,11H2,1-2H3,(H2,25,27,28)/t13-/m1/s1. The van der Waals surface area contributed by atoms with Crippen LogP contribution in [0.3, 0.4) is 0 Å². The topological polar surface area (TPSA) is 128 Å². The van der Waals surface area contributed by atoms with Crippen molar-refractivity contribution in [2.45, 2.75) is 19.6 Å². The molecule has 0 aliphatic heterocycles. The minimum atomic E-state index is -0.668. The van der Waals surface area contributed by atoms with Gasteiger partial charge in [-0.25, -0.2) is 19.0 Å². The van der Waals surface area contributed by atoms with Gasteiger partial charge in [-0.1, -0.05) is 17.3 Å². The molecule has 3 heterocycles. The van der Waals surface area contributed by atoms with Gasteiger partial charge in [0.2, 0.25) is 5.95 Å². The molecule has 2 N–H and O–H groups in total. The van der Waals surface area contributed by atoms with Gasteiger partial charge in [-0.05, 0) is 37.3 Å². The van der Waals surface area contributed by atoms with Gasteiger partial charge in [0.15, 0.2) is 0 Å². The predicted octanol–water partition coefficient (Wildman–Crippen LogP) is 3.15. The lowest BCUT2D eigenvalue weighted by atomic mass is 10.1. The van der Waals surface area contributed by atoms with E-state index in [1.807, 2.05) is 31.2 Å². The molecule has 9 nitrogen and oxygen atoms in total. The van der Waals surface area contributed by atoms with Gasteiger partial charge in [-0.15, -0.1) is 5.10 Å². The molecule has 4 rings (SSSR count). The lowest BCUT2D eigenvalue weighted by Crippen LogP contribution is -2.06. The minimum absolute atomic E-state index is 0.0447. The number of benzene rings is 1. The Kier molecular flexibility index (Phi) is 5.83. The summed E-state index contributed by atoms with van der Waals surface area (Å²) in [5.74, 6) is -0.712. The fourth-order valence-electron chi connectivity index (χ4n) is 3.14. The number of halogens is 1. The molecule has 4 aromatic rings. The molecule has 0 unspecified atom stereocenters. The molecule has 1 atom stereocenters. The first kappa shape index (κ1) is 21.0. The summed E-state index contributed by atoms with van der Waals surface area (Å²) in [5.41, 5.74) is 8.62. The smallest absolute Gasteiger partial charge is 0.221 e. The first-order valence-electron chi connectivity index (χ1n) is 9.71. The van der Waals surface area contributed by atoms with Crippen molar-refractivity contribution >= 4 is 5.95 Å². The minimum Gasteiger partial charge on any atom is -0.375 e. The van der Waals surface area contributed by atoms with Crippen LogP contribution >= 0.6 is 0 Å². The van der Waals surface area contributed by atoms with Gasteiger partial charge < -0.3 is 10.5 Å². The van der Waals surface area contributed by atoms with E-state index in [-0.39, 0.29) is 28.9 Å². The molecule has 0 amide bonds. The average molecular weight is 430 g/mol. The van der Waals surface area contributed by atoms with Crippen molar-refractivity contribution in [1.29, 1.82) is 5.26 Å². The Morgan fingerprint density at radius 3 is 2.69 bits per heavy atom. The van der Waals surface area contributed by atoms with Crippen LogP contribution in [0.2, 0.25) is 0 Å². The Bertz CT molecular complexity index is 1310. The molecule has 10 heteroatoms. The maximum absolute atomic E-state index is 14.6. The van der Waals surface area contributed by atoms with E-state index < -0.39 is 5.82 Å². The van der Waals surface area contributed by atoms with Crippen LogP contribution in [0.1, 0.15) is 30.0 Å². The zero-order valence-corrected chi connectivity index (χ0v) is 17.4. The van der Waals surface area contributed by atoms with E-state index in [1.54, 1.807) is 30.1 Å². The summed E-state index contributed by atoms with van der Waals surface area (Å²) in [5, 5.41) is 17.4. The zero-order valence-electron chi connectivity index (χ0n) is 17.4. The monoisotopic (exact) mass is 430 g/mol. The molecule has 32 heavy (non-hydrogen) atoms. The predicted molar refractivity (Wildman–Crippen MR) is 114 cm³/mol. The fraction of sp³-hybridized carbons (Fsp3) is 0.182. The molecule has 0 fully saturated rings. The van der Waals surface area contributed by atoms with Crippen molar-refractivity contribution in [2.24, 2.45) is 0 Å². The largest absolute Gasteiger partial charge is 0.375 e. The number of nitrogens with two attached hydrogens (primary N) is 1. The summed E-state index contributed by atoms with van der Waals surface area (Å²) in [7, 11) is 1.63. The number of rotatable bonds is 6. The summed E-state index contributed by atoms with van der Waals surface area (Å²) in [4.78, 5) is 12.9. The number of hydrogen-bond donors (Lipinski definition) is 1. The molecule has 1 aromatic carbocycles. The molecule has 0 bridgehead atoms. The molecule has 3 aromatic heterocycles. The van der Waals surface area contributed by atoms with Crippen LogP contribution < -0.4 is 5.73 Å². The molecular weight excluding hydrogens is 411 g/mol. The molecule has 0 aliphatic carbocycles. The summed E-state index contributed by atoms with van der Waals surface area (Å²) < 4.78 is 21.6. The summed E-state index contributed by atoms with van der Waals surface area (Å²) in [6.45, 7) is 2.31. The van der Waals surface area contributed by atoms with Crippen LogP contribution in [0.15, 0.2) is 48.7 Å². The molecule has 0 aliphatic rings. The number of nitriles is 1. The van der Waals surface area contributed by atoms with Gasteiger partial charge in [0.05, 0.1) is 47.2 Å². The second-order valence-corrected chi connectivity index (χ2v) is 7.01. The summed E-state index contributed by atoms with van der Waals surface area (Å²) in [6, 6.07) is 13.6. The van der Waals surface area contributed by atoms with E-state index in [0.29, 0.717) is 17.9 Å². The quantitative estimate of drug-likeness (QED) is 0.494. The number of anilines is 1. The number of methoxy groups -OCH3 is 1. The van der Waals surface area contributed by atoms with Crippen LogP contribution in [0.5, 0.6) is 0 Å². The van der Waals surface area contributed by atoms with E-state index in [1.165, 1.54) is 12.1 Å². The number of hydrogen-bond acceptors (Lipinski definition) is 8. The maximum atomic E-state index is 14.6. The van der Waals surface area contributed by atoms with Gasteiger partial charge in [-0.3, -0.25) is 4.98 Å². The van der Waals surface area contributed by atoms with Crippen molar-refractivity contribution in [3.63, 3.8) is 0 Å². The molecule has 160 valence electrons. The summed E-state index contributed by atoms with van der Waals surface area (Å²) >= 11 is 0. The maximum Gasteiger partial charge on any atom is 0.221 e. The van der Waals surface area contributed by atoms with Crippen molar-refractivity contribution in [1.82, 2.24) is 29.9 Å². The Balaban J connectivity index is 1.64. The second kappa shape index (κ2) is 8.87. The van der Waals surface area contributed by atoms with Crippen LogP contribution in [-0.2, 0) is 11.3 Å². The van der Waals surface area contributed by atoms with Crippen LogP contribution in [0.25, 0.3) is 22.6 Å². The highest BCUT2D eigenvalue weighted by molar-refractivity contribution is 5.68. The second-order valence-electron chi connectivity index (χ2n) is 7.01. The lowest BCUT2D eigenvalue weighted by molar-refractivity contribution is 0.116. The Labute approximate surface area is 183 Å². The molecule has 0 spiro atoms. The van der Waals surface area contributed by atoms with E-state index in [4.69, 9.17) is 15.7 Å². The Morgan fingerprint density at radius 1 is 1.12 bits per heavy atom. The number of aromatic nitrogens is 6. The Hall–Kier alpha value is -4.23.